The van der Waals surface area contributed by atoms with Gasteiger partial charge in [0.1, 0.15) is 5.82 Å². The van der Waals surface area contributed by atoms with Crippen molar-refractivity contribution in [3.63, 3.8) is 0 Å². The lowest BCUT2D eigenvalue weighted by atomic mass is 10.2. The third-order valence-electron chi connectivity index (χ3n) is 3.77. The van der Waals surface area contributed by atoms with E-state index in [1.807, 2.05) is 12.1 Å². The molecule has 1 N–H and O–H groups in total. The molecule has 3 nitrogen and oxygen atoms in total. The summed E-state index contributed by atoms with van der Waals surface area (Å²) in [6.45, 7) is 4.25. The van der Waals surface area contributed by atoms with Gasteiger partial charge < -0.3 is 9.88 Å². The maximum absolute atomic E-state index is 4.75. The first-order chi connectivity index (χ1) is 10.1. The number of fused-ring (bicyclic) bond motifs is 1. The van der Waals surface area contributed by atoms with Crippen LogP contribution in [0.3, 0.4) is 0 Å². The molecule has 1 atom stereocenters. The summed E-state index contributed by atoms with van der Waals surface area (Å²) in [5.74, 6) is 1.04. The third kappa shape index (κ3) is 2.68. The minimum atomic E-state index is 0.141. The first-order valence-corrected chi connectivity index (χ1v) is 7.79. The maximum atomic E-state index is 4.75. The van der Waals surface area contributed by atoms with Crippen molar-refractivity contribution in [2.45, 2.75) is 19.9 Å². The molecule has 0 amide bonds. The zero-order valence-corrected chi connectivity index (χ0v) is 14.0. The molecule has 2 aromatic carbocycles. The molecule has 0 aliphatic rings. The quantitative estimate of drug-likeness (QED) is 0.738. The molecule has 4 heteroatoms. The van der Waals surface area contributed by atoms with Gasteiger partial charge in [0.2, 0.25) is 0 Å². The first kappa shape index (κ1) is 14.1. The van der Waals surface area contributed by atoms with Crippen LogP contribution in [0, 0.1) is 6.92 Å². The van der Waals surface area contributed by atoms with E-state index in [9.17, 15) is 0 Å². The van der Waals surface area contributed by atoms with Gasteiger partial charge in [-0.25, -0.2) is 4.98 Å². The summed E-state index contributed by atoms with van der Waals surface area (Å²) in [6.07, 6.45) is 0. The molecule has 0 spiro atoms. The van der Waals surface area contributed by atoms with E-state index in [2.05, 4.69) is 77.0 Å². The third-order valence-corrected chi connectivity index (χ3v) is 4.26. The number of anilines is 1. The molecule has 1 heterocycles. The van der Waals surface area contributed by atoms with E-state index in [0.29, 0.717) is 0 Å². The van der Waals surface area contributed by atoms with Crippen molar-refractivity contribution in [2.75, 3.05) is 5.32 Å². The molecule has 0 aliphatic carbocycles. The highest BCUT2D eigenvalue weighted by Crippen LogP contribution is 2.26. The maximum Gasteiger partial charge on any atom is 0.131 e. The van der Waals surface area contributed by atoms with E-state index in [1.54, 1.807) is 0 Å². The average Bonchev–Trinajstić information content (AvgIpc) is 2.80. The molecule has 0 aliphatic heterocycles. The van der Waals surface area contributed by atoms with Crippen LogP contribution >= 0.6 is 15.9 Å². The normalized spacial score (nSPS) is 12.6. The van der Waals surface area contributed by atoms with Gasteiger partial charge in [0.05, 0.1) is 17.1 Å². The van der Waals surface area contributed by atoms with Crippen LogP contribution in [0.4, 0.5) is 5.69 Å². The van der Waals surface area contributed by atoms with E-state index >= 15 is 0 Å². The topological polar surface area (TPSA) is 29.9 Å². The Labute approximate surface area is 133 Å². The number of rotatable bonds is 3. The van der Waals surface area contributed by atoms with Gasteiger partial charge >= 0.3 is 0 Å². The number of imidazole rings is 1. The Balaban J connectivity index is 1.93. The van der Waals surface area contributed by atoms with E-state index in [-0.39, 0.29) is 6.04 Å². The van der Waals surface area contributed by atoms with Gasteiger partial charge in [-0.05, 0) is 49.7 Å². The van der Waals surface area contributed by atoms with Crippen molar-refractivity contribution in [2.24, 2.45) is 7.05 Å². The Morgan fingerprint density at radius 3 is 2.67 bits per heavy atom. The minimum absolute atomic E-state index is 0.141. The number of nitrogens with one attached hydrogen (secondary N) is 1. The van der Waals surface area contributed by atoms with Crippen LogP contribution in [0.5, 0.6) is 0 Å². The number of nitrogens with zero attached hydrogens (tertiary/aromatic N) is 2. The summed E-state index contributed by atoms with van der Waals surface area (Å²) in [5, 5.41) is 3.55. The largest absolute Gasteiger partial charge is 0.375 e. The average molecular weight is 344 g/mol. The van der Waals surface area contributed by atoms with Gasteiger partial charge in [-0.2, -0.15) is 0 Å². The smallest absolute Gasteiger partial charge is 0.131 e. The molecule has 0 saturated heterocycles. The van der Waals surface area contributed by atoms with Gasteiger partial charge in [-0.15, -0.1) is 0 Å². The van der Waals surface area contributed by atoms with Crippen LogP contribution in [-0.4, -0.2) is 9.55 Å². The van der Waals surface area contributed by atoms with Gasteiger partial charge in [0, 0.05) is 17.2 Å². The van der Waals surface area contributed by atoms with E-state index < -0.39 is 0 Å². The molecule has 0 radical (unpaired) electrons. The number of hydrogen-bond acceptors (Lipinski definition) is 2. The zero-order valence-electron chi connectivity index (χ0n) is 12.4. The minimum Gasteiger partial charge on any atom is -0.375 e. The summed E-state index contributed by atoms with van der Waals surface area (Å²) in [4.78, 5) is 4.75. The Hall–Kier alpha value is -1.81. The number of hydrogen-bond donors (Lipinski definition) is 1. The number of benzene rings is 2. The lowest BCUT2D eigenvalue weighted by Gasteiger charge is -2.17. The molecule has 1 unspecified atom stereocenters. The molecule has 3 aromatic rings. The van der Waals surface area contributed by atoms with Crippen molar-refractivity contribution >= 4 is 32.7 Å². The predicted octanol–water partition coefficient (Wildman–Crippen LogP) is 4.82. The fraction of sp³-hybridized carbons (Fsp3) is 0.235. The fourth-order valence-electron chi connectivity index (χ4n) is 2.64. The lowest BCUT2D eigenvalue weighted by molar-refractivity contribution is 0.733. The SMILES string of the molecule is Cc1cc(Br)ccc1NC(C)c1nc2ccccc2n1C. The fourth-order valence-corrected chi connectivity index (χ4v) is 3.11. The lowest BCUT2D eigenvalue weighted by Crippen LogP contribution is -2.12. The molecule has 1 aromatic heterocycles. The summed E-state index contributed by atoms with van der Waals surface area (Å²) in [6, 6.07) is 14.6. The molecular formula is C17H18BrN3. The van der Waals surface area contributed by atoms with Crippen LogP contribution in [0.2, 0.25) is 0 Å². The van der Waals surface area contributed by atoms with E-state index in [1.165, 1.54) is 5.56 Å². The van der Waals surface area contributed by atoms with Crippen LogP contribution in [0.1, 0.15) is 24.4 Å². The second-order valence-electron chi connectivity index (χ2n) is 5.34. The van der Waals surface area contributed by atoms with Crippen LogP contribution in [-0.2, 0) is 7.05 Å². The van der Waals surface area contributed by atoms with Crippen LogP contribution in [0.15, 0.2) is 46.9 Å². The summed E-state index contributed by atoms with van der Waals surface area (Å²) in [7, 11) is 2.07. The molecule has 3 rings (SSSR count). The zero-order chi connectivity index (χ0) is 15.0. The van der Waals surface area contributed by atoms with Crippen molar-refractivity contribution < 1.29 is 0 Å². The molecule has 21 heavy (non-hydrogen) atoms. The number of halogens is 1. The van der Waals surface area contributed by atoms with E-state index in [4.69, 9.17) is 4.98 Å². The summed E-state index contributed by atoms with van der Waals surface area (Å²) >= 11 is 3.50. The highest BCUT2D eigenvalue weighted by atomic mass is 79.9. The summed E-state index contributed by atoms with van der Waals surface area (Å²) < 4.78 is 3.25. The molecule has 0 bridgehead atoms. The van der Waals surface area contributed by atoms with Crippen molar-refractivity contribution in [3.05, 3.63) is 58.3 Å². The van der Waals surface area contributed by atoms with Crippen LogP contribution in [0.25, 0.3) is 11.0 Å². The van der Waals surface area contributed by atoms with Crippen molar-refractivity contribution in [1.29, 1.82) is 0 Å². The van der Waals surface area contributed by atoms with Crippen molar-refractivity contribution in [1.82, 2.24) is 9.55 Å². The predicted molar refractivity (Wildman–Crippen MR) is 91.6 cm³/mol. The monoisotopic (exact) mass is 343 g/mol. The first-order valence-electron chi connectivity index (χ1n) is 7.00. The summed E-state index contributed by atoms with van der Waals surface area (Å²) in [5.41, 5.74) is 4.55. The standard InChI is InChI=1S/C17H18BrN3/c1-11-10-13(18)8-9-14(11)19-12(2)17-20-15-6-4-5-7-16(15)21(17)3/h4-10,12,19H,1-3H3. The number of aryl methyl sites for hydroxylation is 2. The van der Waals surface area contributed by atoms with Gasteiger partial charge in [0.15, 0.2) is 0 Å². The number of aromatic nitrogens is 2. The van der Waals surface area contributed by atoms with Crippen molar-refractivity contribution in [3.8, 4) is 0 Å². The molecule has 0 fully saturated rings. The highest BCUT2D eigenvalue weighted by Gasteiger charge is 2.14. The Kier molecular flexibility index (Phi) is 3.72. The molecular weight excluding hydrogens is 326 g/mol. The second kappa shape index (κ2) is 5.53. The highest BCUT2D eigenvalue weighted by molar-refractivity contribution is 9.10. The van der Waals surface area contributed by atoms with Gasteiger partial charge in [-0.3, -0.25) is 0 Å². The number of para-hydroxylation sites is 2. The Morgan fingerprint density at radius 2 is 1.95 bits per heavy atom. The van der Waals surface area contributed by atoms with Gasteiger partial charge in [0.25, 0.3) is 0 Å². The van der Waals surface area contributed by atoms with Gasteiger partial charge in [-0.1, -0.05) is 28.1 Å². The second-order valence-corrected chi connectivity index (χ2v) is 6.26. The van der Waals surface area contributed by atoms with Crippen LogP contribution < -0.4 is 5.32 Å². The Bertz CT molecular complexity index is 792. The molecule has 108 valence electrons. The van der Waals surface area contributed by atoms with E-state index in [0.717, 1.165) is 27.0 Å². The Morgan fingerprint density at radius 1 is 1.19 bits per heavy atom. The molecule has 0 saturated carbocycles.